The van der Waals surface area contributed by atoms with Crippen LogP contribution in [-0.2, 0) is 6.54 Å². The number of anilines is 2. The Kier molecular flexibility index (Phi) is 8.04. The molecule has 1 unspecified atom stereocenters. The van der Waals surface area contributed by atoms with Crippen LogP contribution in [0.15, 0.2) is 4.99 Å². The summed E-state index contributed by atoms with van der Waals surface area (Å²) >= 11 is 0. The second-order valence-electron chi connectivity index (χ2n) is 12.0. The number of carbonyl (C=O) groups is 1. The number of rotatable bonds is 8. The summed E-state index contributed by atoms with van der Waals surface area (Å²) < 4.78 is 2.34. The maximum Gasteiger partial charge on any atom is 0.433 e. The van der Waals surface area contributed by atoms with Crippen molar-refractivity contribution in [3.05, 3.63) is 5.82 Å². The minimum Gasteiger partial charge on any atom is -0.463 e. The zero-order chi connectivity index (χ0) is 26.8. The largest absolute Gasteiger partial charge is 0.463 e. The first-order valence-corrected chi connectivity index (χ1v) is 14.6. The number of amidine groups is 1. The van der Waals surface area contributed by atoms with Crippen LogP contribution in [0.3, 0.4) is 0 Å². The maximum absolute atomic E-state index is 11.2. The first-order chi connectivity index (χ1) is 18.3. The molecule has 0 bridgehead atoms. The molecule has 0 radical (unpaired) electrons. The Labute approximate surface area is 225 Å². The number of hydrogen-bond donors (Lipinski definition) is 3. The van der Waals surface area contributed by atoms with Crippen molar-refractivity contribution in [3.8, 4) is 0 Å². The van der Waals surface area contributed by atoms with E-state index in [0.717, 1.165) is 23.9 Å². The Hall–Kier alpha value is -2.91. The molecule has 3 fully saturated rings. The van der Waals surface area contributed by atoms with Crippen molar-refractivity contribution in [2.24, 2.45) is 28.5 Å². The molecule has 1 amide bonds. The lowest BCUT2D eigenvalue weighted by Gasteiger charge is -2.34. The topological polar surface area (TPSA) is 135 Å². The Balaban J connectivity index is 1.61. The van der Waals surface area contributed by atoms with Crippen molar-refractivity contribution in [2.75, 3.05) is 17.3 Å². The molecule has 3 aliphatic rings. The fourth-order valence-electron chi connectivity index (χ4n) is 6.51. The summed E-state index contributed by atoms with van der Waals surface area (Å²) in [5.74, 6) is 3.45. The van der Waals surface area contributed by atoms with Gasteiger partial charge in [-0.1, -0.05) is 45.4 Å². The van der Waals surface area contributed by atoms with Crippen LogP contribution in [-0.4, -0.2) is 55.7 Å². The Morgan fingerprint density at radius 1 is 1.08 bits per heavy atom. The molecule has 0 aromatic carbocycles. The number of amides is 1. The van der Waals surface area contributed by atoms with Crippen molar-refractivity contribution < 1.29 is 9.90 Å². The Bertz CT molecular complexity index is 1160. The van der Waals surface area contributed by atoms with Gasteiger partial charge in [0, 0.05) is 25.7 Å². The average Bonchev–Trinajstić information content (AvgIpc) is 3.22. The number of hydrogen-bond acceptors (Lipinski definition) is 6. The molecule has 1 atom stereocenters. The van der Waals surface area contributed by atoms with Crippen molar-refractivity contribution >= 4 is 34.9 Å². The van der Waals surface area contributed by atoms with Crippen LogP contribution < -0.4 is 16.0 Å². The van der Waals surface area contributed by atoms with E-state index in [1.807, 2.05) is 0 Å². The highest BCUT2D eigenvalue weighted by Gasteiger charge is 2.30. The standard InChI is InChI=1S/C28H44N8O2/c1-17-12-14-19(15-13-17)16-36-22-24(30-18(2)20-8-7-9-20)32-26(23(29)31-28(37)38)33-25(22)34-27(36)35(3)21-10-5-4-6-11-21/h17-21H,4-16H2,1-3H3,(H2,29,31)(H,37,38)(H,30,32,33). The zero-order valence-electron chi connectivity index (χ0n) is 23.2. The second kappa shape index (κ2) is 11.5. The van der Waals surface area contributed by atoms with E-state index in [1.54, 1.807) is 0 Å². The van der Waals surface area contributed by atoms with Gasteiger partial charge >= 0.3 is 6.09 Å². The van der Waals surface area contributed by atoms with Gasteiger partial charge in [-0.05, 0) is 63.2 Å². The van der Waals surface area contributed by atoms with E-state index < -0.39 is 6.09 Å². The van der Waals surface area contributed by atoms with Gasteiger partial charge in [-0.25, -0.2) is 14.8 Å². The lowest BCUT2D eigenvalue weighted by Crippen LogP contribution is -2.36. The summed E-state index contributed by atoms with van der Waals surface area (Å²) in [6, 6.07) is 0.674. The lowest BCUT2D eigenvalue weighted by molar-refractivity contribution is 0.205. The van der Waals surface area contributed by atoms with Gasteiger partial charge in [-0.2, -0.15) is 9.98 Å². The molecule has 3 saturated carbocycles. The van der Waals surface area contributed by atoms with Crippen LogP contribution in [0.2, 0.25) is 0 Å². The SMILES string of the molecule is CC1CCC(Cn2c(N(C)C3CCCCC3)nc3nc(C(N)=NC(=O)O)nc(NC(C)C4CCC4)c32)CC1. The molecule has 0 saturated heterocycles. The first kappa shape index (κ1) is 26.7. The van der Waals surface area contributed by atoms with Crippen molar-refractivity contribution in [3.63, 3.8) is 0 Å². The van der Waals surface area contributed by atoms with E-state index in [2.05, 4.69) is 45.7 Å². The summed E-state index contributed by atoms with van der Waals surface area (Å²) in [6.45, 7) is 5.43. The number of nitrogens with two attached hydrogens (primary N) is 1. The molecule has 208 valence electrons. The molecule has 2 aromatic rings. The number of fused-ring (bicyclic) bond motifs is 1. The third kappa shape index (κ3) is 5.73. The van der Waals surface area contributed by atoms with Gasteiger partial charge in [0.25, 0.3) is 0 Å². The first-order valence-electron chi connectivity index (χ1n) is 14.6. The highest BCUT2D eigenvalue weighted by Crippen LogP contribution is 2.37. The summed E-state index contributed by atoms with van der Waals surface area (Å²) in [7, 11) is 2.16. The molecule has 0 aliphatic heterocycles. The van der Waals surface area contributed by atoms with E-state index in [0.29, 0.717) is 29.3 Å². The van der Waals surface area contributed by atoms with Crippen molar-refractivity contribution in [2.45, 2.75) is 110 Å². The van der Waals surface area contributed by atoms with Crippen molar-refractivity contribution in [1.82, 2.24) is 19.5 Å². The minimum atomic E-state index is -1.36. The monoisotopic (exact) mass is 524 g/mol. The van der Waals surface area contributed by atoms with Gasteiger partial charge in [0.1, 0.15) is 5.52 Å². The third-order valence-corrected chi connectivity index (χ3v) is 9.26. The molecule has 10 heteroatoms. The molecular formula is C28H44N8O2. The molecule has 10 nitrogen and oxygen atoms in total. The average molecular weight is 525 g/mol. The number of nitrogens with one attached hydrogen (secondary N) is 1. The van der Waals surface area contributed by atoms with E-state index in [1.165, 1.54) is 77.0 Å². The Morgan fingerprint density at radius 3 is 2.42 bits per heavy atom. The smallest absolute Gasteiger partial charge is 0.433 e. The molecule has 5 rings (SSSR count). The van der Waals surface area contributed by atoms with E-state index in [9.17, 15) is 9.90 Å². The molecule has 0 spiro atoms. The number of aromatic nitrogens is 4. The predicted octanol–water partition coefficient (Wildman–Crippen LogP) is 5.41. The summed E-state index contributed by atoms with van der Waals surface area (Å²) in [5.41, 5.74) is 7.47. The fourth-order valence-corrected chi connectivity index (χ4v) is 6.51. The highest BCUT2D eigenvalue weighted by molar-refractivity contribution is 6.01. The Morgan fingerprint density at radius 2 is 1.79 bits per heavy atom. The van der Waals surface area contributed by atoms with Gasteiger partial charge < -0.3 is 25.6 Å². The maximum atomic E-state index is 11.2. The van der Waals surface area contributed by atoms with Crippen LogP contribution in [0.5, 0.6) is 0 Å². The van der Waals surface area contributed by atoms with Gasteiger partial charge in [-0.3, -0.25) is 0 Å². The number of imidazole rings is 1. The van der Waals surface area contributed by atoms with E-state index in [4.69, 9.17) is 15.7 Å². The second-order valence-corrected chi connectivity index (χ2v) is 12.0. The highest BCUT2D eigenvalue weighted by atomic mass is 16.4. The van der Waals surface area contributed by atoms with E-state index >= 15 is 0 Å². The molecule has 4 N–H and O–H groups in total. The van der Waals surface area contributed by atoms with Crippen LogP contribution in [0, 0.1) is 17.8 Å². The molecule has 2 aromatic heterocycles. The normalized spacial score (nSPS) is 24.2. The van der Waals surface area contributed by atoms with Crippen LogP contribution in [0.4, 0.5) is 16.6 Å². The van der Waals surface area contributed by atoms with Crippen molar-refractivity contribution in [1.29, 1.82) is 0 Å². The predicted molar refractivity (Wildman–Crippen MR) is 151 cm³/mol. The van der Waals surface area contributed by atoms with E-state index in [-0.39, 0.29) is 17.7 Å². The van der Waals surface area contributed by atoms with Gasteiger partial charge in [-0.15, -0.1) is 0 Å². The molecular weight excluding hydrogens is 480 g/mol. The number of nitrogens with zero attached hydrogens (tertiary/aromatic N) is 6. The van der Waals surface area contributed by atoms with Gasteiger partial charge in [0.2, 0.25) is 5.95 Å². The fraction of sp³-hybridized carbons (Fsp3) is 0.750. The van der Waals surface area contributed by atoms with Crippen LogP contribution in [0.1, 0.15) is 96.7 Å². The van der Waals surface area contributed by atoms with Crippen LogP contribution >= 0.6 is 0 Å². The summed E-state index contributed by atoms with van der Waals surface area (Å²) in [4.78, 5) is 31.6. The molecule has 38 heavy (non-hydrogen) atoms. The molecule has 3 aliphatic carbocycles. The quantitative estimate of drug-likeness (QED) is 0.308. The minimum absolute atomic E-state index is 0.103. The zero-order valence-corrected chi connectivity index (χ0v) is 23.2. The lowest BCUT2D eigenvalue weighted by atomic mass is 9.80. The van der Waals surface area contributed by atoms with Gasteiger partial charge in [0.05, 0.1) is 0 Å². The number of carboxylic acid groups (broad SMARTS) is 1. The summed E-state index contributed by atoms with van der Waals surface area (Å²) in [6.07, 6.45) is 13.4. The van der Waals surface area contributed by atoms with Crippen LogP contribution in [0.25, 0.3) is 11.2 Å². The van der Waals surface area contributed by atoms with Gasteiger partial charge in [0.15, 0.2) is 23.1 Å². The number of aliphatic imine (C=N–C) groups is 1. The molecule has 2 heterocycles. The third-order valence-electron chi connectivity index (χ3n) is 9.26. The summed E-state index contributed by atoms with van der Waals surface area (Å²) in [5, 5.41) is 12.9.